The number of carbonyl (C=O) groups is 2. The van der Waals surface area contributed by atoms with Crippen molar-refractivity contribution in [2.75, 3.05) is 13.2 Å². The van der Waals surface area contributed by atoms with Crippen molar-refractivity contribution in [3.8, 4) is 5.75 Å². The number of hydrogen-bond donors (Lipinski definition) is 0. The van der Waals surface area contributed by atoms with Crippen LogP contribution < -0.4 is 4.74 Å². The number of ether oxygens (including phenoxy) is 2. The Hall–Kier alpha value is -1.55. The Morgan fingerprint density at radius 2 is 1.95 bits per heavy atom. The van der Waals surface area contributed by atoms with Gasteiger partial charge in [-0.15, -0.1) is 0 Å². The zero-order valence-electron chi connectivity index (χ0n) is 11.8. The van der Waals surface area contributed by atoms with Crippen LogP contribution in [0, 0.1) is 0 Å². The zero-order valence-corrected chi connectivity index (χ0v) is 12.5. The van der Waals surface area contributed by atoms with E-state index >= 15 is 0 Å². The number of hydrogen-bond acceptors (Lipinski definition) is 4. The molecule has 0 aromatic heterocycles. The van der Waals surface area contributed by atoms with E-state index < -0.39 is 0 Å². The first-order chi connectivity index (χ1) is 9.56. The fraction of sp³-hybridized carbons (Fsp3) is 0.467. The van der Waals surface area contributed by atoms with E-state index in [1.54, 1.807) is 19.1 Å². The van der Waals surface area contributed by atoms with Crippen molar-refractivity contribution in [2.45, 2.75) is 33.1 Å². The SMILES string of the molecule is CCOC(=O)CCC(=O)COc1ccc(Cl)c(CC)c1. The van der Waals surface area contributed by atoms with Gasteiger partial charge in [-0.05, 0) is 37.1 Å². The standard InChI is InChI=1S/C15H19ClO4/c1-3-11-9-13(6-7-14(11)16)20-10-12(17)5-8-15(18)19-4-2/h6-7,9H,3-5,8,10H2,1-2H3. The number of benzene rings is 1. The van der Waals surface area contributed by atoms with E-state index in [0.717, 1.165) is 12.0 Å². The summed E-state index contributed by atoms with van der Waals surface area (Å²) < 4.78 is 10.1. The van der Waals surface area contributed by atoms with E-state index in [-0.39, 0.29) is 31.2 Å². The number of esters is 1. The second kappa shape index (κ2) is 8.59. The van der Waals surface area contributed by atoms with Gasteiger partial charge in [-0.2, -0.15) is 0 Å². The van der Waals surface area contributed by atoms with Crippen molar-refractivity contribution >= 4 is 23.4 Å². The monoisotopic (exact) mass is 298 g/mol. The third kappa shape index (κ3) is 5.61. The summed E-state index contributed by atoms with van der Waals surface area (Å²) in [5.41, 5.74) is 0.975. The maximum atomic E-state index is 11.6. The maximum Gasteiger partial charge on any atom is 0.306 e. The predicted octanol–water partition coefficient (Wildman–Crippen LogP) is 3.19. The second-order valence-corrected chi connectivity index (χ2v) is 4.65. The van der Waals surface area contributed by atoms with Gasteiger partial charge in [0.15, 0.2) is 5.78 Å². The van der Waals surface area contributed by atoms with Crippen LogP contribution in [0.2, 0.25) is 5.02 Å². The Kier molecular flexibility index (Phi) is 7.09. The Morgan fingerprint density at radius 1 is 1.20 bits per heavy atom. The van der Waals surface area contributed by atoms with Gasteiger partial charge in [-0.1, -0.05) is 18.5 Å². The van der Waals surface area contributed by atoms with Crippen LogP contribution in [0.15, 0.2) is 18.2 Å². The molecule has 0 bridgehead atoms. The topological polar surface area (TPSA) is 52.6 Å². The molecule has 0 unspecified atom stereocenters. The second-order valence-electron chi connectivity index (χ2n) is 4.24. The van der Waals surface area contributed by atoms with Gasteiger partial charge in [-0.25, -0.2) is 0 Å². The van der Waals surface area contributed by atoms with Gasteiger partial charge in [-0.3, -0.25) is 9.59 Å². The largest absolute Gasteiger partial charge is 0.486 e. The van der Waals surface area contributed by atoms with E-state index in [0.29, 0.717) is 17.4 Å². The summed E-state index contributed by atoms with van der Waals surface area (Å²) in [4.78, 5) is 22.7. The van der Waals surface area contributed by atoms with Crippen molar-refractivity contribution in [1.82, 2.24) is 0 Å². The number of rotatable bonds is 8. The quantitative estimate of drug-likeness (QED) is 0.692. The first-order valence-electron chi connectivity index (χ1n) is 6.65. The van der Waals surface area contributed by atoms with Crippen molar-refractivity contribution in [2.24, 2.45) is 0 Å². The Labute approximate surface area is 124 Å². The van der Waals surface area contributed by atoms with Crippen molar-refractivity contribution in [1.29, 1.82) is 0 Å². The third-order valence-corrected chi connectivity index (χ3v) is 3.08. The Balaban J connectivity index is 2.39. The molecule has 4 nitrogen and oxygen atoms in total. The summed E-state index contributed by atoms with van der Waals surface area (Å²) in [5.74, 6) is 0.113. The van der Waals surface area contributed by atoms with E-state index in [2.05, 4.69) is 0 Å². The zero-order chi connectivity index (χ0) is 15.0. The first-order valence-corrected chi connectivity index (χ1v) is 7.03. The molecule has 1 aromatic rings. The lowest BCUT2D eigenvalue weighted by Gasteiger charge is -2.08. The maximum absolute atomic E-state index is 11.6. The summed E-state index contributed by atoms with van der Waals surface area (Å²) >= 11 is 6.00. The highest BCUT2D eigenvalue weighted by molar-refractivity contribution is 6.31. The molecular formula is C15H19ClO4. The van der Waals surface area contributed by atoms with Crippen molar-refractivity contribution < 1.29 is 19.1 Å². The van der Waals surface area contributed by atoms with E-state index in [1.165, 1.54) is 0 Å². The van der Waals surface area contributed by atoms with Gasteiger partial charge in [0.2, 0.25) is 0 Å². The molecule has 0 saturated heterocycles. The molecule has 0 saturated carbocycles. The minimum Gasteiger partial charge on any atom is -0.486 e. The van der Waals surface area contributed by atoms with E-state index in [1.807, 2.05) is 13.0 Å². The summed E-state index contributed by atoms with van der Waals surface area (Å²) in [6.07, 6.45) is 1.02. The summed E-state index contributed by atoms with van der Waals surface area (Å²) in [7, 11) is 0. The highest BCUT2D eigenvalue weighted by Crippen LogP contribution is 2.22. The van der Waals surface area contributed by atoms with Crippen molar-refractivity contribution in [3.05, 3.63) is 28.8 Å². The molecule has 5 heteroatoms. The fourth-order valence-corrected chi connectivity index (χ4v) is 1.87. The molecule has 20 heavy (non-hydrogen) atoms. The van der Waals surface area contributed by atoms with Crippen LogP contribution in [-0.2, 0) is 20.7 Å². The summed E-state index contributed by atoms with van der Waals surface area (Å²) in [6, 6.07) is 5.29. The minimum atomic E-state index is -0.361. The third-order valence-electron chi connectivity index (χ3n) is 2.71. The molecule has 0 radical (unpaired) electrons. The first kappa shape index (κ1) is 16.5. The molecule has 0 spiro atoms. The van der Waals surface area contributed by atoms with E-state index in [4.69, 9.17) is 21.1 Å². The fourth-order valence-electron chi connectivity index (χ4n) is 1.62. The van der Waals surface area contributed by atoms with E-state index in [9.17, 15) is 9.59 Å². The molecule has 0 atom stereocenters. The smallest absolute Gasteiger partial charge is 0.306 e. The average Bonchev–Trinajstić information content (AvgIpc) is 2.44. The molecule has 0 aliphatic heterocycles. The van der Waals surface area contributed by atoms with Crippen molar-refractivity contribution in [3.63, 3.8) is 0 Å². The number of carbonyl (C=O) groups excluding carboxylic acids is 2. The van der Waals surface area contributed by atoms with Crippen LogP contribution in [0.3, 0.4) is 0 Å². The van der Waals surface area contributed by atoms with Gasteiger partial charge in [0.25, 0.3) is 0 Å². The van der Waals surface area contributed by atoms with Crippen LogP contribution in [0.5, 0.6) is 5.75 Å². The van der Waals surface area contributed by atoms with Crippen LogP contribution >= 0.6 is 11.6 Å². The summed E-state index contributed by atoms with van der Waals surface area (Å²) in [5, 5.41) is 0.688. The molecule has 0 aliphatic carbocycles. The molecule has 0 N–H and O–H groups in total. The lowest BCUT2D eigenvalue weighted by molar-refractivity contribution is -0.144. The van der Waals surface area contributed by atoms with Gasteiger partial charge in [0, 0.05) is 11.4 Å². The van der Waals surface area contributed by atoms with Crippen LogP contribution in [0.1, 0.15) is 32.3 Å². The average molecular weight is 299 g/mol. The lowest BCUT2D eigenvalue weighted by atomic mass is 10.1. The molecule has 0 amide bonds. The number of Topliss-reactive ketones (excluding diaryl/α,β-unsaturated/α-hetero) is 1. The molecular weight excluding hydrogens is 280 g/mol. The summed E-state index contributed by atoms with van der Waals surface area (Å²) in [6.45, 7) is 4.00. The van der Waals surface area contributed by atoms with Gasteiger partial charge < -0.3 is 9.47 Å². The Morgan fingerprint density at radius 3 is 2.60 bits per heavy atom. The van der Waals surface area contributed by atoms with Crippen LogP contribution in [0.4, 0.5) is 0 Å². The normalized spacial score (nSPS) is 10.2. The van der Waals surface area contributed by atoms with Gasteiger partial charge in [0.1, 0.15) is 12.4 Å². The number of halogens is 1. The number of aryl methyl sites for hydroxylation is 1. The predicted molar refractivity (Wildman–Crippen MR) is 77.2 cm³/mol. The van der Waals surface area contributed by atoms with Crippen LogP contribution in [-0.4, -0.2) is 25.0 Å². The molecule has 0 heterocycles. The Bertz CT molecular complexity index is 471. The van der Waals surface area contributed by atoms with Gasteiger partial charge in [0.05, 0.1) is 13.0 Å². The van der Waals surface area contributed by atoms with Gasteiger partial charge >= 0.3 is 5.97 Å². The molecule has 0 fully saturated rings. The lowest BCUT2D eigenvalue weighted by Crippen LogP contribution is -2.14. The molecule has 110 valence electrons. The number of ketones is 1. The minimum absolute atomic E-state index is 0.0514. The molecule has 1 aromatic carbocycles. The highest BCUT2D eigenvalue weighted by Gasteiger charge is 2.09. The highest BCUT2D eigenvalue weighted by atomic mass is 35.5. The molecule has 1 rings (SSSR count). The van der Waals surface area contributed by atoms with Crippen LogP contribution in [0.25, 0.3) is 0 Å². The molecule has 0 aliphatic rings.